The smallest absolute Gasteiger partial charge is 0.243 e. The van der Waals surface area contributed by atoms with Crippen LogP contribution in [0.5, 0.6) is 5.75 Å². The number of rotatable bonds is 5. The topological polar surface area (TPSA) is 127 Å². The predicted molar refractivity (Wildman–Crippen MR) is 70.7 cm³/mol. The van der Waals surface area contributed by atoms with Crippen LogP contribution in [0.3, 0.4) is 0 Å². The fourth-order valence-electron chi connectivity index (χ4n) is 1.53. The molecule has 1 rings (SSSR count). The number of phenols is 1. The summed E-state index contributed by atoms with van der Waals surface area (Å²) in [5.74, 6) is -0.950. The summed E-state index contributed by atoms with van der Waals surface area (Å²) in [6, 6.07) is 3.11. The van der Waals surface area contributed by atoms with Crippen LogP contribution in [0.25, 0.3) is 0 Å². The van der Waals surface area contributed by atoms with E-state index < -0.39 is 28.5 Å². The molecule has 0 bridgehead atoms. The highest BCUT2D eigenvalue weighted by atomic mass is 32.2. The van der Waals surface area contributed by atoms with Crippen molar-refractivity contribution >= 4 is 21.6 Å². The normalized spacial score (nSPS) is 12.0. The Morgan fingerprint density at radius 1 is 1.42 bits per heavy atom. The highest BCUT2D eigenvalue weighted by Crippen LogP contribution is 2.26. The average molecular weight is 287 g/mol. The van der Waals surface area contributed by atoms with Crippen molar-refractivity contribution in [3.05, 3.63) is 18.2 Å². The summed E-state index contributed by atoms with van der Waals surface area (Å²) < 4.78 is 25.7. The molecule has 0 unspecified atom stereocenters. The molecule has 1 amide bonds. The maximum atomic E-state index is 12.4. The van der Waals surface area contributed by atoms with Crippen molar-refractivity contribution in [2.45, 2.75) is 24.8 Å². The highest BCUT2D eigenvalue weighted by molar-refractivity contribution is 7.89. The third-order valence-electron chi connectivity index (χ3n) is 2.49. The maximum Gasteiger partial charge on any atom is 0.243 e. The first-order valence-electron chi connectivity index (χ1n) is 5.55. The number of benzene rings is 1. The van der Waals surface area contributed by atoms with Crippen LogP contribution in [0.1, 0.15) is 13.8 Å². The fraction of sp³-hybridized carbons (Fsp3) is 0.364. The Morgan fingerprint density at radius 3 is 2.42 bits per heavy atom. The zero-order valence-corrected chi connectivity index (χ0v) is 11.5. The van der Waals surface area contributed by atoms with Gasteiger partial charge in [-0.1, -0.05) is 0 Å². The lowest BCUT2D eigenvalue weighted by molar-refractivity contribution is -0.118. The number of carbonyl (C=O) groups is 1. The van der Waals surface area contributed by atoms with E-state index >= 15 is 0 Å². The van der Waals surface area contributed by atoms with Crippen LogP contribution < -0.4 is 11.5 Å². The van der Waals surface area contributed by atoms with Crippen LogP contribution >= 0.6 is 0 Å². The van der Waals surface area contributed by atoms with Crippen LogP contribution in [0.2, 0.25) is 0 Å². The summed E-state index contributed by atoms with van der Waals surface area (Å²) in [4.78, 5) is 10.9. The first kappa shape index (κ1) is 15.3. The van der Waals surface area contributed by atoms with Crippen molar-refractivity contribution in [3.63, 3.8) is 0 Å². The second kappa shape index (κ2) is 5.45. The molecule has 8 heteroatoms. The first-order chi connectivity index (χ1) is 8.66. The van der Waals surface area contributed by atoms with Gasteiger partial charge in [-0.3, -0.25) is 4.79 Å². The van der Waals surface area contributed by atoms with Crippen molar-refractivity contribution in [2.24, 2.45) is 5.73 Å². The lowest BCUT2D eigenvalue weighted by atomic mass is 10.3. The van der Waals surface area contributed by atoms with E-state index in [9.17, 15) is 18.3 Å². The van der Waals surface area contributed by atoms with Crippen LogP contribution in [0.4, 0.5) is 5.69 Å². The highest BCUT2D eigenvalue weighted by Gasteiger charge is 2.28. The standard InChI is InChI=1S/C11H17N3O4S/c1-7(2)14(6-11(13)16)19(17,18)8-3-4-10(15)9(12)5-8/h3-5,7,15H,6,12H2,1-2H3,(H2,13,16). The fourth-order valence-corrected chi connectivity index (χ4v) is 3.17. The van der Waals surface area contributed by atoms with E-state index in [1.807, 2.05) is 0 Å². The molecular formula is C11H17N3O4S. The molecule has 5 N–H and O–H groups in total. The van der Waals surface area contributed by atoms with Gasteiger partial charge in [0.05, 0.1) is 17.1 Å². The predicted octanol–water partition coefficient (Wildman–Crippen LogP) is -0.141. The Kier molecular flexibility index (Phi) is 4.38. The van der Waals surface area contributed by atoms with Gasteiger partial charge in [0.25, 0.3) is 0 Å². The van der Waals surface area contributed by atoms with Crippen molar-refractivity contribution < 1.29 is 18.3 Å². The zero-order chi connectivity index (χ0) is 14.8. The first-order valence-corrected chi connectivity index (χ1v) is 6.99. The van der Waals surface area contributed by atoms with Gasteiger partial charge in [-0.2, -0.15) is 4.31 Å². The number of sulfonamides is 1. The minimum atomic E-state index is -3.89. The number of nitrogens with zero attached hydrogens (tertiary/aromatic N) is 1. The van der Waals surface area contributed by atoms with Gasteiger partial charge >= 0.3 is 0 Å². The van der Waals surface area contributed by atoms with Crippen LogP contribution in [0, 0.1) is 0 Å². The van der Waals surface area contributed by atoms with E-state index in [1.165, 1.54) is 12.1 Å². The van der Waals surface area contributed by atoms with Crippen LogP contribution in [-0.4, -0.2) is 36.3 Å². The van der Waals surface area contributed by atoms with Gasteiger partial charge in [0.2, 0.25) is 15.9 Å². The Morgan fingerprint density at radius 2 is 2.00 bits per heavy atom. The number of nitrogens with two attached hydrogens (primary N) is 2. The van der Waals surface area contributed by atoms with E-state index in [0.29, 0.717) is 0 Å². The van der Waals surface area contributed by atoms with Gasteiger partial charge in [0, 0.05) is 6.04 Å². The van der Waals surface area contributed by atoms with Gasteiger partial charge < -0.3 is 16.6 Å². The summed E-state index contributed by atoms with van der Waals surface area (Å²) in [6.07, 6.45) is 0. The Balaban J connectivity index is 3.26. The second-order valence-electron chi connectivity index (χ2n) is 4.33. The molecule has 0 saturated heterocycles. The third-order valence-corrected chi connectivity index (χ3v) is 4.51. The van der Waals surface area contributed by atoms with E-state index in [4.69, 9.17) is 11.5 Å². The number of carbonyl (C=O) groups excluding carboxylic acids is 1. The molecular weight excluding hydrogens is 270 g/mol. The number of primary amides is 1. The second-order valence-corrected chi connectivity index (χ2v) is 6.22. The van der Waals surface area contributed by atoms with E-state index in [-0.39, 0.29) is 16.3 Å². The summed E-state index contributed by atoms with van der Waals surface area (Å²) in [5.41, 5.74) is 10.5. The molecule has 1 aromatic carbocycles. The number of hydrogen-bond acceptors (Lipinski definition) is 5. The van der Waals surface area contributed by atoms with Gasteiger partial charge in [-0.25, -0.2) is 8.42 Å². The number of hydrogen-bond donors (Lipinski definition) is 3. The Hall–Kier alpha value is -1.80. The summed E-state index contributed by atoms with van der Waals surface area (Å²) in [6.45, 7) is 2.84. The number of anilines is 1. The monoisotopic (exact) mass is 287 g/mol. The van der Waals surface area contributed by atoms with Gasteiger partial charge in [-0.05, 0) is 32.0 Å². The number of nitrogen functional groups attached to an aromatic ring is 1. The Bertz CT molecular complexity index is 584. The molecule has 0 heterocycles. The molecule has 19 heavy (non-hydrogen) atoms. The van der Waals surface area contributed by atoms with Crippen molar-refractivity contribution in [1.82, 2.24) is 4.31 Å². The lowest BCUT2D eigenvalue weighted by Gasteiger charge is -2.24. The van der Waals surface area contributed by atoms with Crippen molar-refractivity contribution in [1.29, 1.82) is 0 Å². The van der Waals surface area contributed by atoms with Gasteiger partial charge in [-0.15, -0.1) is 0 Å². The molecule has 0 radical (unpaired) electrons. The van der Waals surface area contributed by atoms with Gasteiger partial charge in [0.15, 0.2) is 0 Å². The Labute approximate surface area is 111 Å². The third kappa shape index (κ3) is 3.36. The molecule has 0 spiro atoms. The molecule has 0 fully saturated rings. The molecule has 0 aliphatic rings. The van der Waals surface area contributed by atoms with E-state index in [0.717, 1.165) is 10.4 Å². The largest absolute Gasteiger partial charge is 0.506 e. The number of phenolic OH excluding ortho intramolecular Hbond substituents is 1. The maximum absolute atomic E-state index is 12.4. The van der Waals surface area contributed by atoms with Crippen molar-refractivity contribution in [2.75, 3.05) is 12.3 Å². The molecule has 1 aromatic rings. The summed E-state index contributed by atoms with van der Waals surface area (Å²) >= 11 is 0. The van der Waals surface area contributed by atoms with Crippen LogP contribution in [-0.2, 0) is 14.8 Å². The number of aromatic hydroxyl groups is 1. The summed E-state index contributed by atoms with van der Waals surface area (Å²) in [7, 11) is -3.89. The molecule has 0 aliphatic heterocycles. The zero-order valence-electron chi connectivity index (χ0n) is 10.7. The molecule has 0 aliphatic carbocycles. The molecule has 106 valence electrons. The SMILES string of the molecule is CC(C)N(CC(N)=O)S(=O)(=O)c1ccc(O)c(N)c1. The minimum absolute atomic E-state index is 0.0520. The van der Waals surface area contributed by atoms with Crippen molar-refractivity contribution in [3.8, 4) is 5.75 Å². The minimum Gasteiger partial charge on any atom is -0.506 e. The molecule has 0 aromatic heterocycles. The number of amides is 1. The van der Waals surface area contributed by atoms with E-state index in [1.54, 1.807) is 13.8 Å². The van der Waals surface area contributed by atoms with Crippen LogP contribution in [0.15, 0.2) is 23.1 Å². The molecule has 0 atom stereocenters. The quantitative estimate of drug-likeness (QED) is 0.513. The van der Waals surface area contributed by atoms with E-state index in [2.05, 4.69) is 0 Å². The lowest BCUT2D eigenvalue weighted by Crippen LogP contribution is -2.42. The van der Waals surface area contributed by atoms with Gasteiger partial charge in [0.1, 0.15) is 5.75 Å². The molecule has 0 saturated carbocycles. The summed E-state index contributed by atoms with van der Waals surface area (Å²) in [5, 5.41) is 9.30. The average Bonchev–Trinajstić information content (AvgIpc) is 2.28. The molecule has 7 nitrogen and oxygen atoms in total.